The van der Waals surface area contributed by atoms with Crippen LogP contribution in [-0.2, 0) is 11.3 Å². The van der Waals surface area contributed by atoms with Gasteiger partial charge < -0.3 is 15.0 Å². The van der Waals surface area contributed by atoms with E-state index < -0.39 is 18.6 Å². The standard InChI is InChI=1S/C14H16F4N2O2.ClH/c1-20(13(21)12-6-10(15)7-19-12)8-9-3-2-4-11(5-9)22-14(16,17)18;/h2-5,10,12,19H,6-8H2,1H3;1H/t10-,12+;/m0./s1. The maximum atomic E-state index is 13.1. The van der Waals surface area contributed by atoms with Gasteiger partial charge in [-0.15, -0.1) is 25.6 Å². The van der Waals surface area contributed by atoms with Crippen molar-refractivity contribution in [2.75, 3.05) is 13.6 Å². The van der Waals surface area contributed by atoms with Crippen molar-refractivity contribution in [2.24, 2.45) is 0 Å². The number of halogens is 5. The second-order valence-electron chi connectivity index (χ2n) is 5.18. The minimum atomic E-state index is -4.76. The van der Waals surface area contributed by atoms with Crippen LogP contribution in [0.4, 0.5) is 17.6 Å². The number of alkyl halides is 4. The first-order chi connectivity index (χ1) is 10.2. The number of rotatable bonds is 4. The number of carbonyl (C=O) groups excluding carboxylic acids is 1. The van der Waals surface area contributed by atoms with Crippen molar-refractivity contribution in [3.8, 4) is 5.75 Å². The fraction of sp³-hybridized carbons (Fsp3) is 0.500. The van der Waals surface area contributed by atoms with Crippen LogP contribution < -0.4 is 10.1 Å². The number of hydrogen-bond donors (Lipinski definition) is 1. The first kappa shape index (κ1) is 19.5. The number of likely N-dealkylation sites (N-methyl/N-ethyl adjacent to an activating group) is 1. The Hall–Kier alpha value is -1.54. The van der Waals surface area contributed by atoms with Gasteiger partial charge in [0.05, 0.1) is 6.04 Å². The molecule has 0 aromatic heterocycles. The number of nitrogens with zero attached hydrogens (tertiary/aromatic N) is 1. The van der Waals surface area contributed by atoms with E-state index in [9.17, 15) is 22.4 Å². The summed E-state index contributed by atoms with van der Waals surface area (Å²) in [5.74, 6) is -0.629. The number of amides is 1. The van der Waals surface area contributed by atoms with Gasteiger partial charge in [0, 0.05) is 26.6 Å². The molecule has 130 valence electrons. The van der Waals surface area contributed by atoms with Gasteiger partial charge in [-0.05, 0) is 17.7 Å². The molecule has 0 unspecified atom stereocenters. The lowest BCUT2D eigenvalue weighted by Gasteiger charge is -2.21. The molecule has 9 heteroatoms. The van der Waals surface area contributed by atoms with Gasteiger partial charge in [-0.2, -0.15) is 0 Å². The zero-order valence-electron chi connectivity index (χ0n) is 12.3. The third-order valence-corrected chi connectivity index (χ3v) is 3.30. The Morgan fingerprint density at radius 1 is 1.43 bits per heavy atom. The van der Waals surface area contributed by atoms with Gasteiger partial charge in [0.2, 0.25) is 5.91 Å². The van der Waals surface area contributed by atoms with Gasteiger partial charge in [0.1, 0.15) is 11.9 Å². The Balaban J connectivity index is 0.00000264. The summed E-state index contributed by atoms with van der Waals surface area (Å²) in [6.45, 7) is 0.252. The molecule has 1 aromatic rings. The summed E-state index contributed by atoms with van der Waals surface area (Å²) in [4.78, 5) is 13.4. The zero-order valence-corrected chi connectivity index (χ0v) is 13.1. The second kappa shape index (κ2) is 7.83. The van der Waals surface area contributed by atoms with Gasteiger partial charge in [0.15, 0.2) is 0 Å². The largest absolute Gasteiger partial charge is 0.573 e. The van der Waals surface area contributed by atoms with Crippen LogP contribution in [0.1, 0.15) is 12.0 Å². The van der Waals surface area contributed by atoms with Gasteiger partial charge in [-0.25, -0.2) is 4.39 Å². The molecule has 23 heavy (non-hydrogen) atoms. The quantitative estimate of drug-likeness (QED) is 0.843. The van der Waals surface area contributed by atoms with E-state index >= 15 is 0 Å². The van der Waals surface area contributed by atoms with E-state index in [2.05, 4.69) is 10.1 Å². The minimum absolute atomic E-state index is 0. The molecule has 1 aromatic carbocycles. The number of nitrogens with one attached hydrogen (secondary N) is 1. The highest BCUT2D eigenvalue weighted by atomic mass is 35.5. The van der Waals surface area contributed by atoms with Crippen molar-refractivity contribution >= 4 is 18.3 Å². The molecule has 0 bridgehead atoms. The predicted octanol–water partition coefficient (Wildman–Crippen LogP) is 2.67. The lowest BCUT2D eigenvalue weighted by atomic mass is 10.1. The van der Waals surface area contributed by atoms with E-state index in [-0.39, 0.29) is 43.6 Å². The summed E-state index contributed by atoms with van der Waals surface area (Å²) in [5.41, 5.74) is 0.493. The maximum absolute atomic E-state index is 13.1. The SMILES string of the molecule is CN(Cc1cccc(OC(F)(F)F)c1)C(=O)[C@H]1C[C@H](F)CN1.Cl. The first-order valence-corrected chi connectivity index (χ1v) is 6.72. The topological polar surface area (TPSA) is 41.6 Å². The highest BCUT2D eigenvalue weighted by Crippen LogP contribution is 2.24. The molecule has 0 spiro atoms. The van der Waals surface area contributed by atoms with Crippen LogP contribution in [0.25, 0.3) is 0 Å². The third kappa shape index (κ3) is 5.87. The second-order valence-corrected chi connectivity index (χ2v) is 5.18. The maximum Gasteiger partial charge on any atom is 0.573 e. The molecular weight excluding hydrogens is 340 g/mol. The van der Waals surface area contributed by atoms with Crippen LogP contribution in [-0.4, -0.2) is 43.0 Å². The van der Waals surface area contributed by atoms with Crippen LogP contribution in [0, 0.1) is 0 Å². The van der Waals surface area contributed by atoms with Gasteiger partial charge in [-0.1, -0.05) is 12.1 Å². The molecule has 1 saturated heterocycles. The van der Waals surface area contributed by atoms with E-state index in [1.807, 2.05) is 0 Å². The Morgan fingerprint density at radius 3 is 2.70 bits per heavy atom. The summed E-state index contributed by atoms with van der Waals surface area (Å²) >= 11 is 0. The highest BCUT2D eigenvalue weighted by molar-refractivity contribution is 5.85. The summed E-state index contributed by atoms with van der Waals surface area (Å²) in [6.07, 6.45) is -5.70. The Bertz CT molecular complexity index is 542. The van der Waals surface area contributed by atoms with E-state index in [0.29, 0.717) is 5.56 Å². The molecular formula is C14H17ClF4N2O2. The summed E-state index contributed by atoms with van der Waals surface area (Å²) in [7, 11) is 1.52. The zero-order chi connectivity index (χ0) is 16.3. The Kier molecular flexibility index (Phi) is 6.64. The molecule has 1 fully saturated rings. The normalized spacial score (nSPS) is 20.7. The molecule has 1 aliphatic heterocycles. The van der Waals surface area contributed by atoms with Crippen molar-refractivity contribution in [3.05, 3.63) is 29.8 Å². The van der Waals surface area contributed by atoms with Crippen LogP contribution in [0.3, 0.4) is 0 Å². The van der Waals surface area contributed by atoms with Crippen LogP contribution >= 0.6 is 12.4 Å². The Morgan fingerprint density at radius 2 is 2.13 bits per heavy atom. The fourth-order valence-electron chi connectivity index (χ4n) is 2.34. The first-order valence-electron chi connectivity index (χ1n) is 6.72. The smallest absolute Gasteiger partial charge is 0.406 e. The number of benzene rings is 1. The highest BCUT2D eigenvalue weighted by Gasteiger charge is 2.32. The van der Waals surface area contributed by atoms with Crippen molar-refractivity contribution in [2.45, 2.75) is 31.5 Å². The third-order valence-electron chi connectivity index (χ3n) is 3.30. The molecule has 0 radical (unpaired) electrons. The number of ether oxygens (including phenoxy) is 1. The van der Waals surface area contributed by atoms with Crippen LogP contribution in [0.2, 0.25) is 0 Å². The fourth-order valence-corrected chi connectivity index (χ4v) is 2.34. The molecule has 1 amide bonds. The van der Waals surface area contributed by atoms with Crippen molar-refractivity contribution < 1.29 is 27.1 Å². The molecule has 0 aliphatic carbocycles. The van der Waals surface area contributed by atoms with Crippen molar-refractivity contribution in [1.29, 1.82) is 0 Å². The van der Waals surface area contributed by atoms with E-state index in [1.54, 1.807) is 6.07 Å². The Labute approximate surface area is 137 Å². The van der Waals surface area contributed by atoms with E-state index in [0.717, 1.165) is 0 Å². The van der Waals surface area contributed by atoms with Crippen LogP contribution in [0.5, 0.6) is 5.75 Å². The lowest BCUT2D eigenvalue weighted by Crippen LogP contribution is -2.41. The lowest BCUT2D eigenvalue weighted by molar-refractivity contribution is -0.274. The van der Waals surface area contributed by atoms with Gasteiger partial charge >= 0.3 is 6.36 Å². The monoisotopic (exact) mass is 356 g/mol. The summed E-state index contributed by atoms with van der Waals surface area (Å²) < 4.78 is 53.4. The average molecular weight is 357 g/mol. The molecule has 0 saturated carbocycles. The van der Waals surface area contributed by atoms with Gasteiger partial charge in [-0.3, -0.25) is 4.79 Å². The van der Waals surface area contributed by atoms with E-state index in [4.69, 9.17) is 0 Å². The molecule has 1 heterocycles. The van der Waals surface area contributed by atoms with Crippen molar-refractivity contribution in [1.82, 2.24) is 10.2 Å². The van der Waals surface area contributed by atoms with E-state index in [1.165, 1.54) is 30.1 Å². The number of carbonyl (C=O) groups is 1. The van der Waals surface area contributed by atoms with Crippen molar-refractivity contribution in [3.63, 3.8) is 0 Å². The molecule has 2 atom stereocenters. The summed E-state index contributed by atoms with van der Waals surface area (Å²) in [5, 5.41) is 2.78. The molecule has 1 N–H and O–H groups in total. The number of hydrogen-bond acceptors (Lipinski definition) is 3. The molecule has 2 rings (SSSR count). The summed E-state index contributed by atoms with van der Waals surface area (Å²) in [6, 6.07) is 4.82. The molecule has 4 nitrogen and oxygen atoms in total. The average Bonchev–Trinajstić information content (AvgIpc) is 2.83. The molecule has 1 aliphatic rings. The predicted molar refractivity (Wildman–Crippen MR) is 78.2 cm³/mol. The minimum Gasteiger partial charge on any atom is -0.406 e. The van der Waals surface area contributed by atoms with Gasteiger partial charge in [0.25, 0.3) is 0 Å². The van der Waals surface area contributed by atoms with Crippen LogP contribution in [0.15, 0.2) is 24.3 Å².